The van der Waals surface area contributed by atoms with Crippen molar-refractivity contribution in [3.05, 3.63) is 78.4 Å². The van der Waals surface area contributed by atoms with Crippen LogP contribution in [-0.4, -0.2) is 47.5 Å². The fourth-order valence-corrected chi connectivity index (χ4v) is 4.34. The van der Waals surface area contributed by atoms with Crippen LogP contribution in [0.5, 0.6) is 5.75 Å². The number of fused-ring (bicyclic) bond motifs is 1. The SMILES string of the molecule is CC(C)(N)C(=O)NC(Cc1cccc2ccccc12)C(=O)N1CCC(Oc2ccccc2)CC1.Cl. The van der Waals surface area contributed by atoms with Gasteiger partial charge in [0.25, 0.3) is 0 Å². The fraction of sp³-hybridized carbons (Fsp3) is 0.357. The third-order valence-corrected chi connectivity index (χ3v) is 6.29. The van der Waals surface area contributed by atoms with Crippen LogP contribution in [0.15, 0.2) is 72.8 Å². The maximum absolute atomic E-state index is 13.6. The molecule has 3 aromatic rings. The van der Waals surface area contributed by atoms with Crippen molar-refractivity contribution in [1.29, 1.82) is 0 Å². The number of amides is 2. The number of hydrogen-bond acceptors (Lipinski definition) is 4. The molecule has 0 saturated carbocycles. The Bertz CT molecular complexity index is 1130. The second kappa shape index (κ2) is 11.6. The van der Waals surface area contributed by atoms with E-state index in [2.05, 4.69) is 17.4 Å². The van der Waals surface area contributed by atoms with Crippen LogP contribution in [0.1, 0.15) is 32.3 Å². The smallest absolute Gasteiger partial charge is 0.245 e. The molecule has 6 nitrogen and oxygen atoms in total. The number of hydrogen-bond donors (Lipinski definition) is 2. The highest BCUT2D eigenvalue weighted by atomic mass is 35.5. The zero-order valence-electron chi connectivity index (χ0n) is 20.3. The Hall–Kier alpha value is -3.09. The molecule has 1 heterocycles. The average Bonchev–Trinajstić information content (AvgIpc) is 2.84. The molecule has 1 atom stereocenters. The number of nitrogens with one attached hydrogen (secondary N) is 1. The lowest BCUT2D eigenvalue weighted by Gasteiger charge is -2.35. The minimum atomic E-state index is -1.08. The largest absolute Gasteiger partial charge is 0.490 e. The van der Waals surface area contributed by atoms with Gasteiger partial charge in [0.05, 0.1) is 5.54 Å². The first-order chi connectivity index (χ1) is 16.3. The predicted molar refractivity (Wildman–Crippen MR) is 142 cm³/mol. The number of ether oxygens (including phenoxy) is 1. The highest BCUT2D eigenvalue weighted by Crippen LogP contribution is 2.22. The van der Waals surface area contributed by atoms with E-state index in [4.69, 9.17) is 10.5 Å². The van der Waals surface area contributed by atoms with E-state index in [1.54, 1.807) is 13.8 Å². The Morgan fingerprint density at radius 3 is 2.31 bits per heavy atom. The first-order valence-corrected chi connectivity index (χ1v) is 11.9. The van der Waals surface area contributed by atoms with Gasteiger partial charge in [-0.2, -0.15) is 0 Å². The number of benzene rings is 3. The van der Waals surface area contributed by atoms with Gasteiger partial charge in [-0.3, -0.25) is 9.59 Å². The van der Waals surface area contributed by atoms with Crippen molar-refractivity contribution in [3.8, 4) is 5.75 Å². The molecule has 7 heteroatoms. The summed E-state index contributed by atoms with van der Waals surface area (Å²) in [5, 5.41) is 5.12. The number of likely N-dealkylation sites (tertiary alicyclic amines) is 1. The van der Waals surface area contributed by atoms with Crippen LogP contribution in [-0.2, 0) is 16.0 Å². The molecule has 0 aliphatic carbocycles. The third-order valence-electron chi connectivity index (χ3n) is 6.29. The average molecular weight is 496 g/mol. The van der Waals surface area contributed by atoms with Crippen molar-refractivity contribution in [3.63, 3.8) is 0 Å². The molecule has 186 valence electrons. The molecule has 2 amide bonds. The van der Waals surface area contributed by atoms with Gasteiger partial charge < -0.3 is 20.7 Å². The van der Waals surface area contributed by atoms with Crippen molar-refractivity contribution < 1.29 is 14.3 Å². The molecular formula is C28H34ClN3O3. The van der Waals surface area contributed by atoms with E-state index in [0.29, 0.717) is 19.5 Å². The second-order valence-corrected chi connectivity index (χ2v) is 9.55. The molecule has 1 saturated heterocycles. The van der Waals surface area contributed by atoms with Crippen LogP contribution in [0.3, 0.4) is 0 Å². The van der Waals surface area contributed by atoms with Crippen molar-refractivity contribution >= 4 is 35.0 Å². The molecule has 1 unspecified atom stereocenters. The van der Waals surface area contributed by atoms with Gasteiger partial charge in [-0.25, -0.2) is 0 Å². The van der Waals surface area contributed by atoms with E-state index >= 15 is 0 Å². The predicted octanol–water partition coefficient (Wildman–Crippen LogP) is 4.10. The highest BCUT2D eigenvalue weighted by Gasteiger charge is 2.33. The summed E-state index contributed by atoms with van der Waals surface area (Å²) in [7, 11) is 0. The normalized spacial score (nSPS) is 15.2. The zero-order valence-corrected chi connectivity index (χ0v) is 21.1. The molecule has 0 bridgehead atoms. The number of para-hydroxylation sites is 1. The van der Waals surface area contributed by atoms with E-state index in [0.717, 1.165) is 34.9 Å². The third kappa shape index (κ3) is 6.74. The van der Waals surface area contributed by atoms with Crippen molar-refractivity contribution in [1.82, 2.24) is 10.2 Å². The molecule has 3 N–H and O–H groups in total. The molecule has 3 aromatic carbocycles. The molecule has 0 radical (unpaired) electrons. The molecule has 0 aromatic heterocycles. The van der Waals surface area contributed by atoms with Gasteiger partial charge in [-0.15, -0.1) is 12.4 Å². The van der Waals surface area contributed by atoms with E-state index in [-0.39, 0.29) is 30.3 Å². The fourth-order valence-electron chi connectivity index (χ4n) is 4.34. The lowest BCUT2D eigenvalue weighted by Crippen LogP contribution is -2.58. The molecule has 1 aliphatic rings. The molecule has 35 heavy (non-hydrogen) atoms. The van der Waals surface area contributed by atoms with Crippen LogP contribution < -0.4 is 15.8 Å². The summed E-state index contributed by atoms with van der Waals surface area (Å²) in [4.78, 5) is 28.2. The summed E-state index contributed by atoms with van der Waals surface area (Å²) in [6.07, 6.45) is 1.97. The number of piperidine rings is 1. The van der Waals surface area contributed by atoms with Gasteiger partial charge in [-0.05, 0) is 42.3 Å². The second-order valence-electron chi connectivity index (χ2n) is 9.55. The maximum atomic E-state index is 13.6. The summed E-state index contributed by atoms with van der Waals surface area (Å²) >= 11 is 0. The lowest BCUT2D eigenvalue weighted by molar-refractivity contribution is -0.138. The van der Waals surface area contributed by atoms with Gasteiger partial charge in [0, 0.05) is 32.4 Å². The molecule has 4 rings (SSSR count). The summed E-state index contributed by atoms with van der Waals surface area (Å²) in [5.41, 5.74) is 5.97. The quantitative estimate of drug-likeness (QED) is 0.517. The Morgan fingerprint density at radius 1 is 1.00 bits per heavy atom. The molecular weight excluding hydrogens is 462 g/mol. The van der Waals surface area contributed by atoms with Gasteiger partial charge >= 0.3 is 0 Å². The molecule has 1 aliphatic heterocycles. The van der Waals surface area contributed by atoms with Crippen LogP contribution >= 0.6 is 12.4 Å². The van der Waals surface area contributed by atoms with Gasteiger partial charge in [0.2, 0.25) is 11.8 Å². The summed E-state index contributed by atoms with van der Waals surface area (Å²) in [5.74, 6) is 0.427. The summed E-state index contributed by atoms with van der Waals surface area (Å²) in [6, 6.07) is 23.2. The minimum Gasteiger partial charge on any atom is -0.490 e. The minimum absolute atomic E-state index is 0. The number of nitrogens with zero attached hydrogens (tertiary/aromatic N) is 1. The Morgan fingerprint density at radius 2 is 1.63 bits per heavy atom. The van der Waals surface area contributed by atoms with Gasteiger partial charge in [-0.1, -0.05) is 60.7 Å². The van der Waals surface area contributed by atoms with Crippen LogP contribution in [0.4, 0.5) is 0 Å². The zero-order chi connectivity index (χ0) is 24.1. The van der Waals surface area contributed by atoms with Crippen molar-refractivity contribution in [2.24, 2.45) is 5.73 Å². The van der Waals surface area contributed by atoms with Crippen molar-refractivity contribution in [2.75, 3.05) is 13.1 Å². The van der Waals surface area contributed by atoms with Crippen molar-refractivity contribution in [2.45, 2.75) is 50.8 Å². The van der Waals surface area contributed by atoms with E-state index in [9.17, 15) is 9.59 Å². The van der Waals surface area contributed by atoms with Gasteiger partial charge in [0.1, 0.15) is 17.9 Å². The topological polar surface area (TPSA) is 84.7 Å². The van der Waals surface area contributed by atoms with E-state index in [1.165, 1.54) is 0 Å². The lowest BCUT2D eigenvalue weighted by atomic mass is 9.96. The summed E-state index contributed by atoms with van der Waals surface area (Å²) in [6.45, 7) is 4.47. The Balaban J connectivity index is 0.00000342. The number of halogens is 1. The standard InChI is InChI=1S/C28H33N3O3.ClH/c1-28(2,29)27(33)30-25(19-21-11-8-10-20-9-6-7-14-24(20)21)26(32)31-17-15-23(16-18-31)34-22-12-4-3-5-13-22;/h3-14,23,25H,15-19,29H2,1-2H3,(H,30,33);1H. The summed E-state index contributed by atoms with van der Waals surface area (Å²) < 4.78 is 6.07. The number of nitrogens with two attached hydrogens (primary N) is 1. The van der Waals surface area contributed by atoms with Crippen LogP contribution in [0.25, 0.3) is 10.8 Å². The van der Waals surface area contributed by atoms with E-state index < -0.39 is 11.6 Å². The Kier molecular flexibility index (Phi) is 8.76. The maximum Gasteiger partial charge on any atom is 0.245 e. The highest BCUT2D eigenvalue weighted by molar-refractivity contribution is 5.92. The number of carbonyl (C=O) groups excluding carboxylic acids is 2. The molecule has 0 spiro atoms. The monoisotopic (exact) mass is 495 g/mol. The number of rotatable bonds is 7. The number of carbonyl (C=O) groups is 2. The van der Waals surface area contributed by atoms with E-state index in [1.807, 2.05) is 65.6 Å². The first kappa shape index (κ1) is 26.5. The van der Waals surface area contributed by atoms with Crippen LogP contribution in [0, 0.1) is 0 Å². The van der Waals surface area contributed by atoms with Crippen LogP contribution in [0.2, 0.25) is 0 Å². The van der Waals surface area contributed by atoms with Gasteiger partial charge in [0.15, 0.2) is 0 Å². The first-order valence-electron chi connectivity index (χ1n) is 11.9. The molecule has 1 fully saturated rings. The Labute approximate surface area is 213 Å².